The van der Waals surface area contributed by atoms with Crippen LogP contribution < -0.4 is 5.32 Å². The fourth-order valence-corrected chi connectivity index (χ4v) is 3.84. The van der Waals surface area contributed by atoms with E-state index in [-0.39, 0.29) is 0 Å². The maximum absolute atomic E-state index is 4.63. The van der Waals surface area contributed by atoms with Gasteiger partial charge in [-0.2, -0.15) is 0 Å². The van der Waals surface area contributed by atoms with Crippen LogP contribution in [0.4, 0.5) is 5.82 Å². The van der Waals surface area contributed by atoms with Crippen molar-refractivity contribution < 1.29 is 0 Å². The van der Waals surface area contributed by atoms with E-state index in [1.165, 1.54) is 12.8 Å². The van der Waals surface area contributed by atoms with Crippen molar-refractivity contribution in [3.63, 3.8) is 0 Å². The van der Waals surface area contributed by atoms with E-state index in [1.807, 2.05) is 18.6 Å². The summed E-state index contributed by atoms with van der Waals surface area (Å²) in [5, 5.41) is 3.40. The predicted octanol–water partition coefficient (Wildman–Crippen LogP) is 5.49. The van der Waals surface area contributed by atoms with Gasteiger partial charge in [0, 0.05) is 24.2 Å². The average Bonchev–Trinajstić information content (AvgIpc) is 3.29. The summed E-state index contributed by atoms with van der Waals surface area (Å²) in [7, 11) is 0. The Kier molecular flexibility index (Phi) is 4.62. The molecular weight excluding hydrogens is 428 g/mol. The molecule has 0 bridgehead atoms. The molecule has 1 saturated carbocycles. The van der Waals surface area contributed by atoms with Gasteiger partial charge in [0.05, 0.1) is 23.8 Å². The van der Waals surface area contributed by atoms with Crippen LogP contribution in [-0.2, 0) is 0 Å². The molecule has 0 unspecified atom stereocenters. The van der Waals surface area contributed by atoms with Crippen LogP contribution in [0.2, 0.25) is 0 Å². The number of rotatable bonds is 6. The molecule has 0 amide bonds. The third kappa shape index (κ3) is 3.67. The van der Waals surface area contributed by atoms with Gasteiger partial charge in [-0.15, -0.1) is 0 Å². The molecule has 1 aliphatic rings. The van der Waals surface area contributed by atoms with Crippen molar-refractivity contribution in [1.82, 2.24) is 24.3 Å². The average molecular weight is 451 g/mol. The highest BCUT2D eigenvalue weighted by atomic mass is 79.9. The number of halogens is 1. The second-order valence-corrected chi connectivity index (χ2v) is 8.87. The van der Waals surface area contributed by atoms with E-state index in [0.29, 0.717) is 11.8 Å². The van der Waals surface area contributed by atoms with E-state index in [0.717, 1.165) is 51.0 Å². The highest BCUT2D eigenvalue weighted by Crippen LogP contribution is 2.39. The summed E-state index contributed by atoms with van der Waals surface area (Å²) in [4.78, 5) is 17.2. The van der Waals surface area contributed by atoms with E-state index in [1.54, 1.807) is 0 Å². The fraction of sp³-hybridized carbons (Fsp3) is 0.318. The van der Waals surface area contributed by atoms with Crippen LogP contribution in [0.1, 0.15) is 38.4 Å². The highest BCUT2D eigenvalue weighted by Gasteiger charge is 2.26. The van der Waals surface area contributed by atoms with Crippen LogP contribution in [0.3, 0.4) is 0 Å². The van der Waals surface area contributed by atoms with E-state index >= 15 is 0 Å². The molecule has 3 heterocycles. The molecule has 148 valence electrons. The van der Waals surface area contributed by atoms with E-state index < -0.39 is 0 Å². The predicted molar refractivity (Wildman–Crippen MR) is 119 cm³/mol. The maximum atomic E-state index is 4.63. The molecule has 1 aliphatic carbocycles. The number of nitrogens with one attached hydrogen (secondary N) is 2. The monoisotopic (exact) mass is 450 g/mol. The minimum absolute atomic E-state index is 0.528. The van der Waals surface area contributed by atoms with Crippen molar-refractivity contribution in [3.8, 4) is 22.5 Å². The van der Waals surface area contributed by atoms with Crippen molar-refractivity contribution in [3.05, 3.63) is 53.3 Å². The lowest BCUT2D eigenvalue weighted by Crippen LogP contribution is -2.10. The van der Waals surface area contributed by atoms with E-state index in [2.05, 4.69) is 83.7 Å². The van der Waals surface area contributed by atoms with Gasteiger partial charge in [0.15, 0.2) is 11.5 Å². The number of fused-ring (bicyclic) bond motifs is 1. The fourth-order valence-electron chi connectivity index (χ4n) is 3.46. The number of aromatic amines is 1. The van der Waals surface area contributed by atoms with Crippen LogP contribution in [0, 0.1) is 5.92 Å². The molecule has 0 radical (unpaired) electrons. The summed E-state index contributed by atoms with van der Waals surface area (Å²) < 4.78 is 2.85. The molecule has 2 N–H and O–H groups in total. The third-order valence-corrected chi connectivity index (χ3v) is 5.57. The molecule has 7 heteroatoms. The molecule has 3 aromatic heterocycles. The van der Waals surface area contributed by atoms with Gasteiger partial charge in [0.1, 0.15) is 10.4 Å². The van der Waals surface area contributed by atoms with Gasteiger partial charge in [-0.1, -0.05) is 38.1 Å². The first-order valence-corrected chi connectivity index (χ1v) is 10.8. The molecule has 29 heavy (non-hydrogen) atoms. The topological polar surface area (TPSA) is 70.9 Å². The second-order valence-electron chi connectivity index (χ2n) is 8.06. The van der Waals surface area contributed by atoms with Crippen molar-refractivity contribution >= 4 is 27.4 Å². The summed E-state index contributed by atoms with van der Waals surface area (Å²) in [6.45, 7) is 5.20. The molecule has 0 spiro atoms. The second kappa shape index (κ2) is 7.30. The van der Waals surface area contributed by atoms with Crippen molar-refractivity contribution in [1.29, 1.82) is 0 Å². The minimum atomic E-state index is 0.528. The standard InChI is InChI=1S/C22H23BrN6/c1-13(2)9-24-21-22-26-11-18(29(22)12-19(23)28-21)15-5-3-14(4-6-15)17-10-25-20(27-17)16-7-8-16/h3-6,10-13,16H,7-9H2,1-2H3,(H,24,28)(H,25,27). The first-order chi connectivity index (χ1) is 14.1. The summed E-state index contributed by atoms with van der Waals surface area (Å²) in [5.41, 5.74) is 5.19. The van der Waals surface area contributed by atoms with Gasteiger partial charge < -0.3 is 10.3 Å². The molecule has 0 aliphatic heterocycles. The number of H-pyrrole nitrogens is 1. The van der Waals surface area contributed by atoms with Gasteiger partial charge in [0.2, 0.25) is 0 Å². The van der Waals surface area contributed by atoms with Crippen molar-refractivity contribution in [2.24, 2.45) is 5.92 Å². The first-order valence-electron chi connectivity index (χ1n) is 10.0. The number of imidazole rings is 2. The van der Waals surface area contributed by atoms with Gasteiger partial charge in [-0.05, 0) is 40.3 Å². The Labute approximate surface area is 177 Å². The largest absolute Gasteiger partial charge is 0.367 e. The lowest BCUT2D eigenvalue weighted by molar-refractivity contribution is 0.687. The summed E-state index contributed by atoms with van der Waals surface area (Å²) >= 11 is 3.53. The zero-order valence-electron chi connectivity index (χ0n) is 16.5. The van der Waals surface area contributed by atoms with Gasteiger partial charge in [0.25, 0.3) is 0 Å². The van der Waals surface area contributed by atoms with Gasteiger partial charge >= 0.3 is 0 Å². The maximum Gasteiger partial charge on any atom is 0.180 e. The normalized spacial score (nSPS) is 14.1. The van der Waals surface area contributed by atoms with Gasteiger partial charge in [-0.3, -0.25) is 4.40 Å². The number of hydrogen-bond acceptors (Lipinski definition) is 4. The summed E-state index contributed by atoms with van der Waals surface area (Å²) in [6, 6.07) is 8.53. The third-order valence-electron chi connectivity index (χ3n) is 5.19. The Balaban J connectivity index is 1.47. The van der Waals surface area contributed by atoms with E-state index in [9.17, 15) is 0 Å². The highest BCUT2D eigenvalue weighted by molar-refractivity contribution is 9.10. The van der Waals surface area contributed by atoms with Crippen molar-refractivity contribution in [2.75, 3.05) is 11.9 Å². The SMILES string of the molecule is CC(C)CNc1nc(Br)cn2c(-c3ccc(-c4cnc(C5CC5)[nH]4)cc3)cnc12. The molecule has 1 aromatic carbocycles. The van der Waals surface area contributed by atoms with Crippen LogP contribution in [0.25, 0.3) is 28.2 Å². The van der Waals surface area contributed by atoms with Gasteiger partial charge in [-0.25, -0.2) is 15.0 Å². The minimum Gasteiger partial charge on any atom is -0.367 e. The molecule has 1 fully saturated rings. The molecule has 6 nitrogen and oxygen atoms in total. The number of hydrogen-bond donors (Lipinski definition) is 2. The Hall–Kier alpha value is -2.67. The molecule has 0 saturated heterocycles. The quantitative estimate of drug-likeness (QED) is 0.407. The number of aromatic nitrogens is 5. The molecular formula is C22H23BrN6. The number of benzene rings is 1. The van der Waals surface area contributed by atoms with E-state index in [4.69, 9.17) is 0 Å². The first kappa shape index (κ1) is 18.4. The Morgan fingerprint density at radius 2 is 1.90 bits per heavy atom. The zero-order valence-corrected chi connectivity index (χ0v) is 18.1. The van der Waals surface area contributed by atoms with Crippen LogP contribution >= 0.6 is 15.9 Å². The number of nitrogens with zero attached hydrogens (tertiary/aromatic N) is 4. The summed E-state index contributed by atoms with van der Waals surface area (Å²) in [5.74, 6) is 3.07. The lowest BCUT2D eigenvalue weighted by Gasteiger charge is -2.10. The molecule has 5 rings (SSSR count). The summed E-state index contributed by atoms with van der Waals surface area (Å²) in [6.07, 6.45) is 8.30. The zero-order chi connectivity index (χ0) is 20.0. The van der Waals surface area contributed by atoms with Crippen LogP contribution in [-0.4, -0.2) is 30.9 Å². The van der Waals surface area contributed by atoms with Crippen molar-refractivity contribution in [2.45, 2.75) is 32.6 Å². The lowest BCUT2D eigenvalue weighted by atomic mass is 10.1. The Morgan fingerprint density at radius 3 is 2.62 bits per heavy atom. The van der Waals surface area contributed by atoms with Crippen LogP contribution in [0.15, 0.2) is 47.5 Å². The molecule has 4 aromatic rings. The molecule has 0 atom stereocenters. The Morgan fingerprint density at radius 1 is 1.14 bits per heavy atom. The smallest absolute Gasteiger partial charge is 0.180 e. The van der Waals surface area contributed by atoms with Crippen LogP contribution in [0.5, 0.6) is 0 Å². The number of anilines is 1. The Bertz CT molecular complexity index is 1150.